The van der Waals surface area contributed by atoms with E-state index >= 15 is 0 Å². The molecule has 1 aromatic heterocycles. The van der Waals surface area contributed by atoms with Crippen molar-refractivity contribution in [1.29, 1.82) is 0 Å². The van der Waals surface area contributed by atoms with Crippen molar-refractivity contribution in [3.63, 3.8) is 0 Å². The summed E-state index contributed by atoms with van der Waals surface area (Å²) in [6.45, 7) is 6.06. The first-order valence-electron chi connectivity index (χ1n) is 6.79. The van der Waals surface area contributed by atoms with Gasteiger partial charge in [-0.15, -0.1) is 0 Å². The summed E-state index contributed by atoms with van der Waals surface area (Å²) in [4.78, 5) is 9.05. The van der Waals surface area contributed by atoms with E-state index in [9.17, 15) is 5.11 Å². The Hall–Kier alpha value is -1.01. The third kappa shape index (κ3) is 4.87. The summed E-state index contributed by atoms with van der Waals surface area (Å²) < 4.78 is 4.95. The predicted molar refractivity (Wildman–Crippen MR) is 73.8 cm³/mol. The van der Waals surface area contributed by atoms with Gasteiger partial charge in [0.05, 0.1) is 18.4 Å². The van der Waals surface area contributed by atoms with Crippen LogP contribution in [0.5, 0.6) is 0 Å². The van der Waals surface area contributed by atoms with Gasteiger partial charge in [-0.05, 0) is 12.1 Å². The van der Waals surface area contributed by atoms with E-state index in [2.05, 4.69) is 20.9 Å². The van der Waals surface area contributed by atoms with Crippen molar-refractivity contribution in [2.75, 3.05) is 46.4 Å². The molecular formula is C14H23N3O2. The van der Waals surface area contributed by atoms with Gasteiger partial charge in [0, 0.05) is 52.6 Å². The van der Waals surface area contributed by atoms with Gasteiger partial charge in [0.1, 0.15) is 0 Å². The molecule has 0 saturated carbocycles. The molecule has 1 fully saturated rings. The monoisotopic (exact) mass is 265 g/mol. The third-order valence-electron chi connectivity index (χ3n) is 3.40. The normalized spacial score (nSPS) is 19.5. The van der Waals surface area contributed by atoms with Gasteiger partial charge in [-0.2, -0.15) is 0 Å². The lowest BCUT2D eigenvalue weighted by Crippen LogP contribution is -2.48. The average Bonchev–Trinajstić information content (AvgIpc) is 2.42. The van der Waals surface area contributed by atoms with Crippen LogP contribution in [0, 0.1) is 0 Å². The topological polar surface area (TPSA) is 48.8 Å². The molecule has 0 bridgehead atoms. The van der Waals surface area contributed by atoms with Crippen LogP contribution < -0.4 is 0 Å². The number of nitrogens with zero attached hydrogens (tertiary/aromatic N) is 3. The molecule has 1 N–H and O–H groups in total. The van der Waals surface area contributed by atoms with Crippen LogP contribution in [0.2, 0.25) is 0 Å². The number of hydrogen-bond donors (Lipinski definition) is 1. The SMILES string of the molecule is COC[C@@H](O)CN1CCN(Cc2ccccn2)CC1. The van der Waals surface area contributed by atoms with Gasteiger partial charge in [0.25, 0.3) is 0 Å². The molecule has 2 rings (SSSR count). The van der Waals surface area contributed by atoms with Gasteiger partial charge in [0.15, 0.2) is 0 Å². The summed E-state index contributed by atoms with van der Waals surface area (Å²) in [7, 11) is 1.62. The summed E-state index contributed by atoms with van der Waals surface area (Å²) in [5.74, 6) is 0. The van der Waals surface area contributed by atoms with Crippen LogP contribution in [-0.4, -0.2) is 72.4 Å². The van der Waals surface area contributed by atoms with E-state index in [4.69, 9.17) is 4.74 Å². The fourth-order valence-corrected chi connectivity index (χ4v) is 2.39. The summed E-state index contributed by atoms with van der Waals surface area (Å²) in [6, 6.07) is 6.03. The van der Waals surface area contributed by atoms with Gasteiger partial charge >= 0.3 is 0 Å². The van der Waals surface area contributed by atoms with Crippen LogP contribution in [0.4, 0.5) is 0 Å². The minimum absolute atomic E-state index is 0.382. The first-order valence-corrected chi connectivity index (χ1v) is 6.79. The van der Waals surface area contributed by atoms with Crippen molar-refractivity contribution in [2.45, 2.75) is 12.6 Å². The second kappa shape index (κ2) is 7.55. The maximum atomic E-state index is 9.71. The molecule has 0 unspecified atom stereocenters. The Labute approximate surface area is 114 Å². The molecule has 1 atom stereocenters. The summed E-state index contributed by atoms with van der Waals surface area (Å²) in [5, 5.41) is 9.71. The van der Waals surface area contributed by atoms with Crippen LogP contribution in [0.15, 0.2) is 24.4 Å². The van der Waals surface area contributed by atoms with Crippen molar-refractivity contribution in [1.82, 2.24) is 14.8 Å². The van der Waals surface area contributed by atoms with Crippen molar-refractivity contribution >= 4 is 0 Å². The molecular weight excluding hydrogens is 242 g/mol. The summed E-state index contributed by atoms with van der Waals surface area (Å²) in [6.07, 6.45) is 1.46. The molecule has 0 spiro atoms. The Morgan fingerprint density at radius 3 is 2.63 bits per heavy atom. The van der Waals surface area contributed by atoms with E-state index in [1.807, 2.05) is 18.3 Å². The van der Waals surface area contributed by atoms with Crippen molar-refractivity contribution in [3.8, 4) is 0 Å². The van der Waals surface area contributed by atoms with Crippen LogP contribution in [0.3, 0.4) is 0 Å². The Bertz CT molecular complexity index is 353. The second-order valence-corrected chi connectivity index (χ2v) is 5.01. The lowest BCUT2D eigenvalue weighted by molar-refractivity contribution is 0.0229. The molecule has 5 nitrogen and oxygen atoms in total. The molecule has 1 aliphatic heterocycles. The maximum absolute atomic E-state index is 9.71. The van der Waals surface area contributed by atoms with E-state index in [0.717, 1.165) is 38.4 Å². The highest BCUT2D eigenvalue weighted by Gasteiger charge is 2.19. The fraction of sp³-hybridized carbons (Fsp3) is 0.643. The molecule has 1 aliphatic rings. The largest absolute Gasteiger partial charge is 0.389 e. The van der Waals surface area contributed by atoms with Gasteiger partial charge in [0.2, 0.25) is 0 Å². The van der Waals surface area contributed by atoms with Crippen LogP contribution in [-0.2, 0) is 11.3 Å². The highest BCUT2D eigenvalue weighted by molar-refractivity contribution is 5.03. The Morgan fingerprint density at radius 2 is 2.00 bits per heavy atom. The molecule has 106 valence electrons. The molecule has 0 radical (unpaired) electrons. The zero-order valence-corrected chi connectivity index (χ0v) is 11.5. The molecule has 0 amide bonds. The quantitative estimate of drug-likeness (QED) is 0.796. The number of aliphatic hydroxyl groups excluding tert-OH is 1. The molecule has 5 heteroatoms. The van der Waals surface area contributed by atoms with Gasteiger partial charge in [-0.3, -0.25) is 14.8 Å². The number of aliphatic hydroxyl groups is 1. The number of β-amino-alcohol motifs (C(OH)–C–C–N with tert-alkyl or cyclic N) is 1. The number of aromatic nitrogens is 1. The Kier molecular flexibility index (Phi) is 5.72. The van der Waals surface area contributed by atoms with Crippen molar-refractivity contribution in [2.24, 2.45) is 0 Å². The third-order valence-corrected chi connectivity index (χ3v) is 3.40. The minimum Gasteiger partial charge on any atom is -0.389 e. The zero-order valence-electron chi connectivity index (χ0n) is 11.5. The van der Waals surface area contributed by atoms with Gasteiger partial charge in [-0.25, -0.2) is 0 Å². The van der Waals surface area contributed by atoms with E-state index in [-0.39, 0.29) is 6.10 Å². The minimum atomic E-state index is -0.382. The standard InChI is InChI=1S/C14H23N3O2/c1-19-12-14(18)11-17-8-6-16(7-9-17)10-13-4-2-3-5-15-13/h2-5,14,18H,6-12H2,1H3/t14-/m0/s1. The highest BCUT2D eigenvalue weighted by Crippen LogP contribution is 2.07. The van der Waals surface area contributed by atoms with Crippen LogP contribution in [0.25, 0.3) is 0 Å². The van der Waals surface area contributed by atoms with Gasteiger partial charge < -0.3 is 9.84 Å². The van der Waals surface area contributed by atoms with Crippen molar-refractivity contribution in [3.05, 3.63) is 30.1 Å². The first-order chi connectivity index (χ1) is 9.28. The summed E-state index contributed by atoms with van der Waals surface area (Å²) in [5.41, 5.74) is 1.12. The lowest BCUT2D eigenvalue weighted by Gasteiger charge is -2.35. The van der Waals surface area contributed by atoms with E-state index in [1.54, 1.807) is 7.11 Å². The molecule has 2 heterocycles. The van der Waals surface area contributed by atoms with Crippen molar-refractivity contribution < 1.29 is 9.84 Å². The summed E-state index contributed by atoms with van der Waals surface area (Å²) >= 11 is 0. The highest BCUT2D eigenvalue weighted by atomic mass is 16.5. The predicted octanol–water partition coefficient (Wildman–Crippen LogP) is 0.206. The van der Waals surface area contributed by atoms with E-state index in [0.29, 0.717) is 13.2 Å². The molecule has 0 aliphatic carbocycles. The van der Waals surface area contributed by atoms with E-state index < -0.39 is 0 Å². The number of piperazine rings is 1. The lowest BCUT2D eigenvalue weighted by atomic mass is 10.2. The Morgan fingerprint density at radius 1 is 1.26 bits per heavy atom. The molecule has 1 aromatic rings. The zero-order chi connectivity index (χ0) is 13.5. The Balaban J connectivity index is 1.70. The smallest absolute Gasteiger partial charge is 0.0900 e. The van der Waals surface area contributed by atoms with Crippen LogP contribution in [0.1, 0.15) is 5.69 Å². The molecule has 0 aromatic carbocycles. The van der Waals surface area contributed by atoms with Gasteiger partial charge in [-0.1, -0.05) is 6.07 Å². The number of ether oxygens (including phenoxy) is 1. The fourth-order valence-electron chi connectivity index (χ4n) is 2.39. The van der Waals surface area contributed by atoms with Crippen LogP contribution >= 0.6 is 0 Å². The molecule has 1 saturated heterocycles. The maximum Gasteiger partial charge on any atom is 0.0900 e. The number of hydrogen-bond acceptors (Lipinski definition) is 5. The average molecular weight is 265 g/mol. The molecule has 19 heavy (non-hydrogen) atoms. The van der Waals surface area contributed by atoms with E-state index in [1.165, 1.54) is 0 Å². The second-order valence-electron chi connectivity index (χ2n) is 5.01. The number of pyridine rings is 1. The number of methoxy groups -OCH3 is 1. The number of rotatable bonds is 6. The first kappa shape index (κ1) is 14.4.